The molecule has 7 rings (SSSR count). The highest BCUT2D eigenvalue weighted by atomic mass is 16.1. The maximum atomic E-state index is 12.0. The third kappa shape index (κ3) is 4.35. The normalized spacial score (nSPS) is 24.9. The van der Waals surface area contributed by atoms with E-state index in [0.29, 0.717) is 28.6 Å². The molecule has 3 aromatic rings. The van der Waals surface area contributed by atoms with E-state index in [1.807, 2.05) is 18.2 Å². The highest BCUT2D eigenvalue weighted by Gasteiger charge is 2.50. The first-order chi connectivity index (χ1) is 19.3. The van der Waals surface area contributed by atoms with Crippen molar-refractivity contribution in [3.8, 4) is 6.07 Å². The Balaban J connectivity index is 1.05. The van der Waals surface area contributed by atoms with Crippen molar-refractivity contribution in [3.63, 3.8) is 0 Å². The van der Waals surface area contributed by atoms with E-state index in [2.05, 4.69) is 68.6 Å². The van der Waals surface area contributed by atoms with Crippen LogP contribution in [0.1, 0.15) is 23.7 Å². The molecule has 4 aliphatic rings. The van der Waals surface area contributed by atoms with Gasteiger partial charge in [-0.2, -0.15) is 5.26 Å². The summed E-state index contributed by atoms with van der Waals surface area (Å²) in [6, 6.07) is 14.9. The number of benzene rings is 1. The van der Waals surface area contributed by atoms with E-state index in [1.165, 1.54) is 18.7 Å². The summed E-state index contributed by atoms with van der Waals surface area (Å²) < 4.78 is 0. The van der Waals surface area contributed by atoms with Gasteiger partial charge in [-0.25, -0.2) is 4.98 Å². The summed E-state index contributed by atoms with van der Waals surface area (Å²) >= 11 is 0. The molecule has 0 aliphatic carbocycles. The Kier molecular flexibility index (Phi) is 6.11. The Morgan fingerprint density at radius 1 is 1.02 bits per heavy atom. The molecule has 2 aromatic heterocycles. The van der Waals surface area contributed by atoms with Gasteiger partial charge < -0.3 is 19.7 Å². The maximum Gasteiger partial charge on any atom is 0.248 e. The Hall–Kier alpha value is -3.45. The standard InChI is InChI=1S/C31H38N8O/c1-21-13-37(27-7-4-23(12-32)30-26(27)6-9-29(40)34-30)16-25-15-36(10-11-39(21)25)14-24-5-8-28(33-22(24)2)38-19-31(20-38)17-35(3)18-31/h4-9,21,25H,10-11,13-20H2,1-3H3,(H,34,40). The molecule has 0 bridgehead atoms. The minimum atomic E-state index is -0.180. The number of likely N-dealkylation sites (tertiary alicyclic amines) is 1. The van der Waals surface area contributed by atoms with Crippen molar-refractivity contribution in [3.05, 3.63) is 63.6 Å². The van der Waals surface area contributed by atoms with E-state index in [9.17, 15) is 10.1 Å². The van der Waals surface area contributed by atoms with Gasteiger partial charge in [-0.1, -0.05) is 6.07 Å². The van der Waals surface area contributed by atoms with Crippen LogP contribution in [0.3, 0.4) is 0 Å². The lowest BCUT2D eigenvalue weighted by Gasteiger charge is -2.60. The fourth-order valence-corrected chi connectivity index (χ4v) is 7.76. The molecule has 4 aliphatic heterocycles. The molecule has 9 nitrogen and oxygen atoms in total. The quantitative estimate of drug-likeness (QED) is 0.542. The third-order valence-electron chi connectivity index (χ3n) is 9.59. The average molecular weight is 539 g/mol. The van der Waals surface area contributed by atoms with Crippen LogP contribution in [0, 0.1) is 23.7 Å². The van der Waals surface area contributed by atoms with Crippen LogP contribution in [0.15, 0.2) is 41.2 Å². The summed E-state index contributed by atoms with van der Waals surface area (Å²) in [6.07, 6.45) is 0. The number of hydrogen-bond acceptors (Lipinski definition) is 8. The average Bonchev–Trinajstić information content (AvgIpc) is 2.90. The lowest BCUT2D eigenvalue weighted by atomic mass is 9.73. The molecule has 1 aromatic carbocycles. The largest absolute Gasteiger partial charge is 0.368 e. The fourth-order valence-electron chi connectivity index (χ4n) is 7.76. The highest BCUT2D eigenvalue weighted by molar-refractivity contribution is 5.95. The van der Waals surface area contributed by atoms with Gasteiger partial charge in [0, 0.05) is 106 Å². The maximum absolute atomic E-state index is 12.0. The van der Waals surface area contributed by atoms with Gasteiger partial charge in [-0.05, 0) is 50.7 Å². The second-order valence-electron chi connectivity index (χ2n) is 12.7. The van der Waals surface area contributed by atoms with Gasteiger partial charge in [0.1, 0.15) is 11.9 Å². The first-order valence-corrected chi connectivity index (χ1v) is 14.5. The number of nitrogens with one attached hydrogen (secondary N) is 1. The zero-order valence-corrected chi connectivity index (χ0v) is 23.7. The number of pyridine rings is 2. The summed E-state index contributed by atoms with van der Waals surface area (Å²) in [6.45, 7) is 15.1. The topological polar surface area (TPSA) is 85.7 Å². The van der Waals surface area contributed by atoms with Gasteiger partial charge in [0.2, 0.25) is 5.56 Å². The number of aromatic nitrogens is 2. The molecule has 0 amide bonds. The molecule has 0 radical (unpaired) electrons. The number of H-pyrrole nitrogens is 1. The van der Waals surface area contributed by atoms with Crippen molar-refractivity contribution < 1.29 is 0 Å². The van der Waals surface area contributed by atoms with Crippen molar-refractivity contribution in [2.75, 3.05) is 75.8 Å². The number of piperazine rings is 2. The summed E-state index contributed by atoms with van der Waals surface area (Å²) in [5, 5.41) is 10.5. The van der Waals surface area contributed by atoms with Gasteiger partial charge in [-0.15, -0.1) is 0 Å². The molecule has 9 heteroatoms. The predicted molar refractivity (Wildman–Crippen MR) is 158 cm³/mol. The molecule has 1 spiro atoms. The van der Waals surface area contributed by atoms with E-state index in [4.69, 9.17) is 4.98 Å². The van der Waals surface area contributed by atoms with Crippen LogP contribution in [0.5, 0.6) is 0 Å². The van der Waals surface area contributed by atoms with E-state index in [0.717, 1.165) is 74.9 Å². The number of anilines is 2. The fraction of sp³-hybridized carbons (Fsp3) is 0.516. The Bertz CT molecular complexity index is 1550. The molecule has 1 N–H and O–H groups in total. The van der Waals surface area contributed by atoms with Crippen molar-refractivity contribution >= 4 is 22.4 Å². The number of nitriles is 1. The van der Waals surface area contributed by atoms with Gasteiger partial charge in [-0.3, -0.25) is 14.6 Å². The second-order valence-corrected chi connectivity index (χ2v) is 12.7. The monoisotopic (exact) mass is 538 g/mol. The molecule has 0 saturated carbocycles. The van der Waals surface area contributed by atoms with Crippen LogP contribution < -0.4 is 15.4 Å². The van der Waals surface area contributed by atoms with Crippen LogP contribution in [0.4, 0.5) is 11.5 Å². The summed E-state index contributed by atoms with van der Waals surface area (Å²) in [7, 11) is 2.20. The Morgan fingerprint density at radius 2 is 1.85 bits per heavy atom. The zero-order valence-electron chi connectivity index (χ0n) is 23.7. The number of nitrogens with zero attached hydrogens (tertiary/aromatic N) is 7. The third-order valence-corrected chi connectivity index (χ3v) is 9.59. The molecule has 2 unspecified atom stereocenters. The highest BCUT2D eigenvalue weighted by Crippen LogP contribution is 2.40. The number of aryl methyl sites for hydroxylation is 1. The van der Waals surface area contributed by atoms with Crippen LogP contribution >= 0.6 is 0 Å². The first-order valence-electron chi connectivity index (χ1n) is 14.5. The summed E-state index contributed by atoms with van der Waals surface area (Å²) in [5.41, 5.74) is 5.02. The summed E-state index contributed by atoms with van der Waals surface area (Å²) in [4.78, 5) is 32.4. The molecule has 2 atom stereocenters. The van der Waals surface area contributed by atoms with Crippen LogP contribution in [-0.4, -0.2) is 103 Å². The van der Waals surface area contributed by atoms with Crippen molar-refractivity contribution in [2.24, 2.45) is 5.41 Å². The van der Waals surface area contributed by atoms with Crippen molar-refractivity contribution in [1.82, 2.24) is 24.7 Å². The Morgan fingerprint density at radius 3 is 2.60 bits per heavy atom. The van der Waals surface area contributed by atoms with Gasteiger partial charge in [0.05, 0.1) is 11.1 Å². The van der Waals surface area contributed by atoms with E-state index < -0.39 is 0 Å². The van der Waals surface area contributed by atoms with E-state index >= 15 is 0 Å². The second kappa shape index (κ2) is 9.58. The van der Waals surface area contributed by atoms with Crippen LogP contribution in [0.25, 0.3) is 10.9 Å². The molecule has 4 saturated heterocycles. The number of hydrogen-bond donors (Lipinski definition) is 1. The first kappa shape index (κ1) is 25.5. The minimum absolute atomic E-state index is 0.180. The number of fused-ring (bicyclic) bond motifs is 2. The number of rotatable bonds is 4. The van der Waals surface area contributed by atoms with E-state index in [1.54, 1.807) is 6.07 Å². The molecule has 6 heterocycles. The van der Waals surface area contributed by atoms with Crippen LogP contribution in [-0.2, 0) is 6.54 Å². The predicted octanol–water partition coefficient (Wildman–Crippen LogP) is 2.25. The smallest absolute Gasteiger partial charge is 0.248 e. The SMILES string of the molecule is Cc1nc(N2CC3(CN(C)C3)C2)ccc1CN1CCN2C(C)CN(c3ccc(C#N)c4[nH]c(=O)ccc34)CC2C1. The van der Waals surface area contributed by atoms with E-state index in [-0.39, 0.29) is 5.56 Å². The molecular formula is C31H38N8O. The zero-order chi connectivity index (χ0) is 27.6. The summed E-state index contributed by atoms with van der Waals surface area (Å²) in [5.74, 6) is 1.12. The lowest BCUT2D eigenvalue weighted by molar-refractivity contribution is -0.00281. The van der Waals surface area contributed by atoms with Gasteiger partial charge >= 0.3 is 0 Å². The molecule has 4 fully saturated rings. The molecular weight excluding hydrogens is 500 g/mol. The Labute approximate surface area is 235 Å². The minimum Gasteiger partial charge on any atom is -0.368 e. The molecule has 40 heavy (non-hydrogen) atoms. The molecule has 208 valence electrons. The van der Waals surface area contributed by atoms with Gasteiger partial charge in [0.25, 0.3) is 0 Å². The van der Waals surface area contributed by atoms with Crippen LogP contribution in [0.2, 0.25) is 0 Å². The number of aromatic amines is 1. The van der Waals surface area contributed by atoms with Crippen molar-refractivity contribution in [2.45, 2.75) is 32.5 Å². The van der Waals surface area contributed by atoms with Gasteiger partial charge in [0.15, 0.2) is 0 Å². The lowest BCUT2D eigenvalue weighted by Crippen LogP contribution is -2.71. The van der Waals surface area contributed by atoms with Crippen molar-refractivity contribution in [1.29, 1.82) is 5.26 Å².